The Kier molecular flexibility index (Phi) is 10.4. The van der Waals surface area contributed by atoms with Crippen LogP contribution in [0.2, 0.25) is 0 Å². The van der Waals surface area contributed by atoms with Gasteiger partial charge in [0.15, 0.2) is 17.4 Å². The maximum absolute atomic E-state index is 4.32. The number of aliphatic imine (C=N–C) groups is 1. The van der Waals surface area contributed by atoms with Crippen molar-refractivity contribution in [3.63, 3.8) is 0 Å². The Morgan fingerprint density at radius 2 is 1.67 bits per heavy atom. The van der Waals surface area contributed by atoms with Crippen LogP contribution in [0.5, 0.6) is 0 Å². The number of fused-ring (bicyclic) bond motifs is 1. The molecule has 0 unspecified atom stereocenters. The molecule has 1 fully saturated rings. The smallest absolute Gasteiger partial charge is 0.191 e. The van der Waals surface area contributed by atoms with Crippen LogP contribution in [0.3, 0.4) is 0 Å². The van der Waals surface area contributed by atoms with Crippen molar-refractivity contribution < 1.29 is 0 Å². The predicted octanol–water partition coefficient (Wildman–Crippen LogP) is 2.61. The van der Waals surface area contributed by atoms with E-state index in [1.165, 1.54) is 18.5 Å². The number of nitrogens with one attached hydrogen (secondary N) is 2. The fraction of sp³-hybridized carbons (Fsp3) is 0.458. The summed E-state index contributed by atoms with van der Waals surface area (Å²) >= 11 is 0. The van der Waals surface area contributed by atoms with Gasteiger partial charge < -0.3 is 15.5 Å². The molecule has 3 aromatic rings. The number of unbranched alkanes of at least 4 members (excludes halogenated alkanes) is 1. The number of nitrogens with zero attached hydrogens (tertiary/aromatic N) is 6. The number of hydrogen-bond acceptors (Lipinski definition) is 5. The second-order valence-electron chi connectivity index (χ2n) is 8.21. The quantitative estimate of drug-likeness (QED) is 0.181. The number of guanidine groups is 1. The third-order valence-electron chi connectivity index (χ3n) is 5.93. The van der Waals surface area contributed by atoms with Crippen molar-refractivity contribution in [2.45, 2.75) is 25.9 Å². The Balaban J connectivity index is 0.00000306. The van der Waals surface area contributed by atoms with Crippen LogP contribution < -0.4 is 10.6 Å². The molecular formula is C24H35IN8. The zero-order valence-corrected chi connectivity index (χ0v) is 21.7. The fourth-order valence-electron chi connectivity index (χ4n) is 4.07. The van der Waals surface area contributed by atoms with E-state index in [1.54, 1.807) is 7.05 Å². The van der Waals surface area contributed by atoms with Crippen LogP contribution in [-0.2, 0) is 13.1 Å². The molecule has 3 heterocycles. The third kappa shape index (κ3) is 7.65. The fourth-order valence-corrected chi connectivity index (χ4v) is 4.07. The van der Waals surface area contributed by atoms with Gasteiger partial charge in [-0.2, -0.15) is 0 Å². The van der Waals surface area contributed by atoms with Crippen LogP contribution in [0.25, 0.3) is 5.65 Å². The first-order valence-corrected chi connectivity index (χ1v) is 11.5. The summed E-state index contributed by atoms with van der Waals surface area (Å²) in [6, 6.07) is 16.7. The van der Waals surface area contributed by atoms with E-state index in [4.69, 9.17) is 0 Å². The molecule has 1 aliphatic rings. The highest BCUT2D eigenvalue weighted by atomic mass is 127. The summed E-state index contributed by atoms with van der Waals surface area (Å²) in [6.45, 7) is 8.36. The lowest BCUT2D eigenvalue weighted by atomic mass is 10.2. The van der Waals surface area contributed by atoms with Crippen LogP contribution in [0.1, 0.15) is 24.2 Å². The lowest BCUT2D eigenvalue weighted by Gasteiger charge is -2.34. The van der Waals surface area contributed by atoms with Gasteiger partial charge in [0.1, 0.15) is 0 Å². The highest BCUT2D eigenvalue weighted by Gasteiger charge is 2.16. The van der Waals surface area contributed by atoms with Gasteiger partial charge in [0.2, 0.25) is 0 Å². The topological polar surface area (TPSA) is 73.1 Å². The van der Waals surface area contributed by atoms with Gasteiger partial charge in [-0.1, -0.05) is 36.4 Å². The lowest BCUT2D eigenvalue weighted by molar-refractivity contribution is 0.126. The summed E-state index contributed by atoms with van der Waals surface area (Å²) in [7, 11) is 1.80. The van der Waals surface area contributed by atoms with Gasteiger partial charge in [-0.05, 0) is 37.1 Å². The molecule has 0 atom stereocenters. The first kappa shape index (κ1) is 25.4. The summed E-state index contributed by atoms with van der Waals surface area (Å²) in [4.78, 5) is 9.46. The number of aromatic nitrogens is 3. The second-order valence-corrected chi connectivity index (χ2v) is 8.21. The van der Waals surface area contributed by atoms with Crippen molar-refractivity contribution in [3.05, 3.63) is 66.1 Å². The molecule has 1 saturated heterocycles. The zero-order valence-electron chi connectivity index (χ0n) is 19.4. The maximum Gasteiger partial charge on any atom is 0.191 e. The minimum absolute atomic E-state index is 0. The number of rotatable bonds is 9. The van der Waals surface area contributed by atoms with E-state index in [-0.39, 0.29) is 24.0 Å². The molecule has 0 spiro atoms. The van der Waals surface area contributed by atoms with Crippen LogP contribution in [-0.4, -0.2) is 76.7 Å². The van der Waals surface area contributed by atoms with Gasteiger partial charge in [0.25, 0.3) is 0 Å². The van der Waals surface area contributed by atoms with E-state index >= 15 is 0 Å². The third-order valence-corrected chi connectivity index (χ3v) is 5.93. The summed E-state index contributed by atoms with van der Waals surface area (Å²) in [6.07, 6.45) is 4.29. The van der Waals surface area contributed by atoms with Crippen LogP contribution >= 0.6 is 24.0 Å². The molecule has 178 valence electrons. The molecule has 0 bridgehead atoms. The number of benzene rings is 1. The number of piperazine rings is 1. The van der Waals surface area contributed by atoms with Crippen molar-refractivity contribution in [3.8, 4) is 0 Å². The van der Waals surface area contributed by atoms with Gasteiger partial charge in [0.05, 0.1) is 6.54 Å². The minimum atomic E-state index is 0. The van der Waals surface area contributed by atoms with Crippen LogP contribution in [0.4, 0.5) is 0 Å². The molecule has 0 radical (unpaired) electrons. The first-order valence-electron chi connectivity index (χ1n) is 11.5. The van der Waals surface area contributed by atoms with Gasteiger partial charge in [-0.25, -0.2) is 0 Å². The van der Waals surface area contributed by atoms with E-state index in [9.17, 15) is 0 Å². The standard InChI is InChI=1S/C24H34N8.HI/c1-25-24(27-19-23-29-28-22-11-5-7-14-32(22)23)26-12-6-8-13-30-15-17-31(18-16-30)20-21-9-3-2-4-10-21;/h2-5,7,9-11,14H,6,8,12-13,15-20H2,1H3,(H2,25,26,27);1H. The monoisotopic (exact) mass is 562 g/mol. The summed E-state index contributed by atoms with van der Waals surface area (Å²) in [5, 5.41) is 15.2. The number of hydrogen-bond donors (Lipinski definition) is 2. The van der Waals surface area contributed by atoms with E-state index < -0.39 is 0 Å². The van der Waals surface area contributed by atoms with Crippen molar-refractivity contribution in [2.24, 2.45) is 4.99 Å². The molecular weight excluding hydrogens is 527 g/mol. The number of halogens is 1. The Bertz CT molecular complexity index is 982. The van der Waals surface area contributed by atoms with Gasteiger partial charge in [-0.3, -0.25) is 14.3 Å². The normalized spacial score (nSPS) is 15.4. The van der Waals surface area contributed by atoms with E-state index in [2.05, 4.69) is 66.0 Å². The van der Waals surface area contributed by atoms with Crippen LogP contribution in [0.15, 0.2) is 59.7 Å². The van der Waals surface area contributed by atoms with Crippen molar-refractivity contribution in [1.29, 1.82) is 0 Å². The van der Waals surface area contributed by atoms with Crippen molar-refractivity contribution in [1.82, 2.24) is 35.0 Å². The Labute approximate surface area is 213 Å². The Morgan fingerprint density at radius 1 is 0.909 bits per heavy atom. The zero-order chi connectivity index (χ0) is 22.0. The summed E-state index contributed by atoms with van der Waals surface area (Å²) in [5.41, 5.74) is 2.26. The molecule has 4 rings (SSSR count). The molecule has 0 saturated carbocycles. The SMILES string of the molecule is CN=C(NCCCCN1CCN(Cc2ccccc2)CC1)NCc1nnc2ccccn12.I. The highest BCUT2D eigenvalue weighted by Crippen LogP contribution is 2.09. The molecule has 0 amide bonds. The van der Waals surface area contributed by atoms with Crippen molar-refractivity contribution in [2.75, 3.05) is 46.3 Å². The molecule has 1 aliphatic heterocycles. The Hall–Kier alpha value is -2.24. The van der Waals surface area contributed by atoms with E-state index in [0.717, 1.165) is 63.1 Å². The Morgan fingerprint density at radius 3 is 2.45 bits per heavy atom. The van der Waals surface area contributed by atoms with E-state index in [0.29, 0.717) is 6.54 Å². The largest absolute Gasteiger partial charge is 0.356 e. The first-order chi connectivity index (χ1) is 15.8. The highest BCUT2D eigenvalue weighted by molar-refractivity contribution is 14.0. The van der Waals surface area contributed by atoms with Crippen LogP contribution in [0, 0.1) is 0 Å². The van der Waals surface area contributed by atoms with Gasteiger partial charge in [-0.15, -0.1) is 34.2 Å². The summed E-state index contributed by atoms with van der Waals surface area (Å²) in [5.74, 6) is 1.67. The van der Waals surface area contributed by atoms with E-state index in [1.807, 2.05) is 28.8 Å². The predicted molar refractivity (Wildman–Crippen MR) is 144 cm³/mol. The minimum Gasteiger partial charge on any atom is -0.356 e. The van der Waals surface area contributed by atoms with Gasteiger partial charge in [0, 0.05) is 52.5 Å². The second kappa shape index (κ2) is 13.5. The van der Waals surface area contributed by atoms with Gasteiger partial charge >= 0.3 is 0 Å². The molecule has 8 nitrogen and oxygen atoms in total. The number of pyridine rings is 1. The average Bonchev–Trinajstić information content (AvgIpc) is 3.26. The molecule has 2 N–H and O–H groups in total. The maximum atomic E-state index is 4.32. The summed E-state index contributed by atoms with van der Waals surface area (Å²) < 4.78 is 1.99. The average molecular weight is 563 g/mol. The molecule has 33 heavy (non-hydrogen) atoms. The molecule has 2 aromatic heterocycles. The molecule has 0 aliphatic carbocycles. The molecule has 9 heteroatoms. The molecule has 1 aromatic carbocycles. The van der Waals surface area contributed by atoms with Crippen molar-refractivity contribution >= 4 is 35.6 Å². The lowest BCUT2D eigenvalue weighted by Crippen LogP contribution is -2.46.